The normalized spacial score (nSPS) is 29.9. The molecule has 2 atom stereocenters. The molecule has 3 rings (SSSR count). The Morgan fingerprint density at radius 3 is 3.10 bits per heavy atom. The second kappa shape index (κ2) is 5.50. The molecular weight excluding hydrogens is 256 g/mol. The van der Waals surface area contributed by atoms with Crippen LogP contribution in [0, 0.1) is 0 Å². The highest BCUT2D eigenvalue weighted by atomic mass is 16.5. The number of carbonyl (C=O) groups is 1. The van der Waals surface area contributed by atoms with Gasteiger partial charge in [-0.25, -0.2) is 0 Å². The maximum atomic E-state index is 12.5. The minimum absolute atomic E-state index is 0.0213. The molecule has 5 heteroatoms. The van der Waals surface area contributed by atoms with E-state index in [1.165, 1.54) is 0 Å². The first-order valence-electron chi connectivity index (χ1n) is 7.11. The molecule has 1 amide bonds. The summed E-state index contributed by atoms with van der Waals surface area (Å²) in [5.41, 5.74) is 0.450. The van der Waals surface area contributed by atoms with Crippen molar-refractivity contribution in [2.45, 2.75) is 31.0 Å². The Kier molecular flexibility index (Phi) is 3.72. The maximum absolute atomic E-state index is 12.5. The molecule has 2 fully saturated rings. The minimum atomic E-state index is -0.180. The smallest absolute Gasteiger partial charge is 0.255 e. The molecule has 0 bridgehead atoms. The van der Waals surface area contributed by atoms with Crippen molar-refractivity contribution in [2.24, 2.45) is 0 Å². The van der Waals surface area contributed by atoms with Crippen molar-refractivity contribution in [3.05, 3.63) is 30.1 Å². The fourth-order valence-electron chi connectivity index (χ4n) is 3.26. The number of hydrogen-bond acceptors (Lipinski definition) is 4. The molecule has 2 saturated heterocycles. The molecule has 0 aliphatic carbocycles. The van der Waals surface area contributed by atoms with Crippen LogP contribution in [0.25, 0.3) is 0 Å². The molecule has 0 unspecified atom stereocenters. The van der Waals surface area contributed by atoms with Crippen LogP contribution in [-0.4, -0.2) is 54.3 Å². The van der Waals surface area contributed by atoms with Gasteiger partial charge in [0.25, 0.3) is 5.91 Å². The molecule has 0 saturated carbocycles. The summed E-state index contributed by atoms with van der Waals surface area (Å²) < 4.78 is 11.6. The maximum Gasteiger partial charge on any atom is 0.255 e. The third-order valence-electron chi connectivity index (χ3n) is 4.39. The SMILES string of the molecule is CO[C@H]1CN(C(=O)c2cccnc2)CC[C@@]12CCCO2. The largest absolute Gasteiger partial charge is 0.377 e. The summed E-state index contributed by atoms with van der Waals surface area (Å²) >= 11 is 0. The summed E-state index contributed by atoms with van der Waals surface area (Å²) in [5.74, 6) is 0.0213. The van der Waals surface area contributed by atoms with Crippen molar-refractivity contribution in [3.8, 4) is 0 Å². The molecule has 1 aromatic rings. The Bertz CT molecular complexity index is 471. The molecule has 1 spiro atoms. The molecule has 2 aliphatic heterocycles. The minimum Gasteiger partial charge on any atom is -0.377 e. The fraction of sp³-hybridized carbons (Fsp3) is 0.600. The fourth-order valence-corrected chi connectivity index (χ4v) is 3.26. The Balaban J connectivity index is 1.73. The van der Waals surface area contributed by atoms with E-state index in [0.29, 0.717) is 18.7 Å². The number of likely N-dealkylation sites (tertiary alicyclic amines) is 1. The van der Waals surface area contributed by atoms with Gasteiger partial charge in [0.15, 0.2) is 0 Å². The number of methoxy groups -OCH3 is 1. The summed E-state index contributed by atoms with van der Waals surface area (Å²) in [7, 11) is 1.70. The van der Waals surface area contributed by atoms with Gasteiger partial charge in [-0.1, -0.05) is 0 Å². The molecular formula is C15H20N2O3. The Morgan fingerprint density at radius 1 is 1.55 bits per heavy atom. The predicted molar refractivity (Wildman–Crippen MR) is 73.5 cm³/mol. The Labute approximate surface area is 118 Å². The number of ether oxygens (including phenoxy) is 2. The number of pyridine rings is 1. The zero-order chi connectivity index (χ0) is 14.0. The number of nitrogens with zero attached hydrogens (tertiary/aromatic N) is 2. The molecule has 20 heavy (non-hydrogen) atoms. The molecule has 108 valence electrons. The van der Waals surface area contributed by atoms with Crippen LogP contribution < -0.4 is 0 Å². The van der Waals surface area contributed by atoms with Crippen molar-refractivity contribution in [3.63, 3.8) is 0 Å². The molecule has 0 radical (unpaired) electrons. The van der Waals surface area contributed by atoms with Gasteiger partial charge in [0.2, 0.25) is 0 Å². The zero-order valence-electron chi connectivity index (χ0n) is 11.7. The molecule has 0 N–H and O–H groups in total. The van der Waals surface area contributed by atoms with E-state index >= 15 is 0 Å². The topological polar surface area (TPSA) is 51.7 Å². The first-order chi connectivity index (χ1) is 9.75. The third-order valence-corrected chi connectivity index (χ3v) is 4.39. The van der Waals surface area contributed by atoms with Gasteiger partial charge in [0.1, 0.15) is 6.10 Å². The van der Waals surface area contributed by atoms with Crippen LogP contribution in [0.3, 0.4) is 0 Å². The number of carbonyl (C=O) groups excluding carboxylic acids is 1. The summed E-state index contributed by atoms with van der Waals surface area (Å²) in [4.78, 5) is 18.3. The highest BCUT2D eigenvalue weighted by Gasteiger charge is 2.47. The average Bonchev–Trinajstić information content (AvgIpc) is 2.97. The monoisotopic (exact) mass is 276 g/mol. The zero-order valence-corrected chi connectivity index (χ0v) is 11.7. The number of amides is 1. The van der Waals surface area contributed by atoms with Crippen molar-refractivity contribution in [1.29, 1.82) is 0 Å². The van der Waals surface area contributed by atoms with Gasteiger partial charge in [-0.3, -0.25) is 9.78 Å². The molecule has 1 aromatic heterocycles. The lowest BCUT2D eigenvalue weighted by atomic mass is 9.85. The quantitative estimate of drug-likeness (QED) is 0.821. The van der Waals surface area contributed by atoms with Crippen LogP contribution in [-0.2, 0) is 9.47 Å². The summed E-state index contributed by atoms with van der Waals surface area (Å²) in [5, 5.41) is 0. The van der Waals surface area contributed by atoms with Gasteiger partial charge < -0.3 is 14.4 Å². The van der Waals surface area contributed by atoms with Gasteiger partial charge in [0.05, 0.1) is 11.2 Å². The Morgan fingerprint density at radius 2 is 2.45 bits per heavy atom. The highest BCUT2D eigenvalue weighted by molar-refractivity contribution is 5.94. The van der Waals surface area contributed by atoms with Crippen LogP contribution in [0.1, 0.15) is 29.6 Å². The van der Waals surface area contributed by atoms with Crippen molar-refractivity contribution < 1.29 is 14.3 Å². The third kappa shape index (κ3) is 2.31. The Hall–Kier alpha value is -1.46. The first-order valence-corrected chi connectivity index (χ1v) is 7.11. The van der Waals surface area contributed by atoms with Crippen molar-refractivity contribution in [1.82, 2.24) is 9.88 Å². The molecule has 2 aliphatic rings. The van der Waals surface area contributed by atoms with E-state index in [9.17, 15) is 4.79 Å². The van der Waals surface area contributed by atoms with Gasteiger partial charge >= 0.3 is 0 Å². The first kappa shape index (κ1) is 13.5. The molecule has 0 aromatic carbocycles. The van der Waals surface area contributed by atoms with E-state index < -0.39 is 0 Å². The van der Waals surface area contributed by atoms with E-state index in [1.807, 2.05) is 4.90 Å². The van der Waals surface area contributed by atoms with Gasteiger partial charge in [-0.15, -0.1) is 0 Å². The number of piperidine rings is 1. The number of rotatable bonds is 2. The summed E-state index contributed by atoms with van der Waals surface area (Å²) in [6.45, 7) is 2.11. The lowest BCUT2D eigenvalue weighted by Gasteiger charge is -2.44. The lowest BCUT2D eigenvalue weighted by molar-refractivity contribution is -0.136. The van der Waals surface area contributed by atoms with Crippen LogP contribution in [0.5, 0.6) is 0 Å². The van der Waals surface area contributed by atoms with Crippen LogP contribution in [0.2, 0.25) is 0 Å². The van der Waals surface area contributed by atoms with Gasteiger partial charge in [0, 0.05) is 39.2 Å². The highest BCUT2D eigenvalue weighted by Crippen LogP contribution is 2.37. The average molecular weight is 276 g/mol. The summed E-state index contributed by atoms with van der Waals surface area (Å²) in [6, 6.07) is 3.58. The van der Waals surface area contributed by atoms with E-state index in [-0.39, 0.29) is 17.6 Å². The van der Waals surface area contributed by atoms with Crippen LogP contribution in [0.4, 0.5) is 0 Å². The predicted octanol–water partition coefficient (Wildman–Crippen LogP) is 1.49. The summed E-state index contributed by atoms with van der Waals surface area (Å²) in [6.07, 6.45) is 6.20. The van der Waals surface area contributed by atoms with Crippen LogP contribution >= 0.6 is 0 Å². The van der Waals surface area contributed by atoms with E-state index in [0.717, 1.165) is 25.9 Å². The second-order valence-corrected chi connectivity index (χ2v) is 5.48. The number of hydrogen-bond donors (Lipinski definition) is 0. The van der Waals surface area contributed by atoms with Gasteiger partial charge in [-0.2, -0.15) is 0 Å². The van der Waals surface area contributed by atoms with Crippen molar-refractivity contribution in [2.75, 3.05) is 26.8 Å². The molecule has 3 heterocycles. The van der Waals surface area contributed by atoms with Crippen LogP contribution in [0.15, 0.2) is 24.5 Å². The lowest BCUT2D eigenvalue weighted by Crippen LogP contribution is -2.57. The van der Waals surface area contributed by atoms with E-state index in [4.69, 9.17) is 9.47 Å². The molecule has 5 nitrogen and oxygen atoms in total. The van der Waals surface area contributed by atoms with Gasteiger partial charge in [-0.05, 0) is 31.4 Å². The second-order valence-electron chi connectivity index (χ2n) is 5.48. The number of aromatic nitrogens is 1. The standard InChI is InChI=1S/C15H20N2O3/c1-19-13-11-17(8-6-15(13)5-3-9-20-15)14(18)12-4-2-7-16-10-12/h2,4,7,10,13H,3,5-6,8-9,11H2,1H3/t13-,15-/m0/s1. The van der Waals surface area contributed by atoms with Crippen molar-refractivity contribution >= 4 is 5.91 Å². The van der Waals surface area contributed by atoms with E-state index in [2.05, 4.69) is 4.98 Å². The van der Waals surface area contributed by atoms with E-state index in [1.54, 1.807) is 31.6 Å².